The quantitative estimate of drug-likeness (QED) is 0.580. The van der Waals surface area contributed by atoms with Crippen LogP contribution in [0.5, 0.6) is 0 Å². The minimum absolute atomic E-state index is 0.0142. The molecule has 0 bridgehead atoms. The van der Waals surface area contributed by atoms with Gasteiger partial charge in [0.25, 0.3) is 0 Å². The van der Waals surface area contributed by atoms with E-state index in [-0.39, 0.29) is 18.5 Å². The monoisotopic (exact) mass is 325 g/mol. The van der Waals surface area contributed by atoms with Crippen LogP contribution in [0, 0.1) is 0 Å². The van der Waals surface area contributed by atoms with Gasteiger partial charge >= 0.3 is 0 Å². The number of carbonyl (C=O) groups excluding carboxylic acids is 1. The Morgan fingerprint density at radius 3 is 2.55 bits per heavy atom. The van der Waals surface area contributed by atoms with Crippen molar-refractivity contribution in [2.75, 3.05) is 47.8 Å². The van der Waals surface area contributed by atoms with Crippen LogP contribution in [0.4, 0.5) is 0 Å². The number of amides is 1. The van der Waals surface area contributed by atoms with Crippen molar-refractivity contribution in [3.05, 3.63) is 22.4 Å². The molecule has 0 saturated carbocycles. The number of hydrogen-bond acceptors (Lipinski definition) is 4. The van der Waals surface area contributed by atoms with Crippen LogP contribution in [-0.2, 0) is 4.79 Å². The molecule has 0 aliphatic rings. The summed E-state index contributed by atoms with van der Waals surface area (Å²) in [5.41, 5.74) is 0. The van der Waals surface area contributed by atoms with Gasteiger partial charge in [0.2, 0.25) is 5.91 Å². The predicted octanol–water partition coefficient (Wildman–Crippen LogP) is 0.994. The van der Waals surface area contributed by atoms with Gasteiger partial charge in [0.15, 0.2) is 5.96 Å². The maximum Gasteiger partial charge on any atom is 0.243 e. The molecule has 22 heavy (non-hydrogen) atoms. The van der Waals surface area contributed by atoms with Crippen molar-refractivity contribution in [1.29, 1.82) is 0 Å². The van der Waals surface area contributed by atoms with Crippen LogP contribution >= 0.6 is 11.3 Å². The lowest BCUT2D eigenvalue weighted by Gasteiger charge is -2.24. The van der Waals surface area contributed by atoms with E-state index < -0.39 is 0 Å². The Balaban J connectivity index is 2.65. The number of carbonyl (C=O) groups is 1. The lowest BCUT2D eigenvalue weighted by atomic mass is 10.2. The number of nitrogens with one attached hydrogen (secondary N) is 2. The van der Waals surface area contributed by atoms with Crippen LogP contribution in [-0.4, -0.2) is 69.5 Å². The molecule has 1 atom stereocenters. The standard InChI is InChI=1S/C15H27N5OS/c1-6-16-15(18-11-14(21)20(4)5)17-10-12(19(2)3)13-8-7-9-22-13/h7-9,12H,6,10-11H2,1-5H3,(H2,16,17,18). The second kappa shape index (κ2) is 9.42. The number of nitrogens with zero attached hydrogens (tertiary/aromatic N) is 3. The summed E-state index contributed by atoms with van der Waals surface area (Å²) < 4.78 is 0. The summed E-state index contributed by atoms with van der Waals surface area (Å²) >= 11 is 1.74. The molecule has 7 heteroatoms. The summed E-state index contributed by atoms with van der Waals surface area (Å²) in [4.78, 5) is 21.0. The fourth-order valence-corrected chi connectivity index (χ4v) is 2.76. The Bertz CT molecular complexity index is 470. The molecule has 1 aromatic heterocycles. The maximum atomic E-state index is 11.6. The van der Waals surface area contributed by atoms with E-state index in [0.29, 0.717) is 5.96 Å². The van der Waals surface area contributed by atoms with E-state index in [1.807, 2.05) is 6.92 Å². The summed E-state index contributed by atoms with van der Waals surface area (Å²) in [5, 5.41) is 8.57. The van der Waals surface area contributed by atoms with E-state index in [2.05, 4.69) is 52.1 Å². The average Bonchev–Trinajstić information content (AvgIpc) is 2.97. The lowest BCUT2D eigenvalue weighted by molar-refractivity contribution is -0.127. The summed E-state index contributed by atoms with van der Waals surface area (Å²) in [7, 11) is 7.59. The maximum absolute atomic E-state index is 11.6. The molecule has 1 unspecified atom stereocenters. The SMILES string of the molecule is CCNC(=NCC(=O)N(C)C)NCC(c1cccs1)N(C)C. The summed E-state index contributed by atoms with van der Waals surface area (Å²) in [6.07, 6.45) is 0. The molecule has 2 N–H and O–H groups in total. The Kier molecular flexibility index (Phi) is 7.90. The van der Waals surface area contributed by atoms with Crippen molar-refractivity contribution in [1.82, 2.24) is 20.4 Å². The first-order valence-corrected chi connectivity index (χ1v) is 8.25. The predicted molar refractivity (Wildman–Crippen MR) is 93.4 cm³/mol. The first-order chi connectivity index (χ1) is 10.5. The van der Waals surface area contributed by atoms with E-state index in [1.165, 1.54) is 4.88 Å². The Morgan fingerprint density at radius 1 is 1.32 bits per heavy atom. The van der Waals surface area contributed by atoms with E-state index in [9.17, 15) is 4.79 Å². The normalized spacial score (nSPS) is 13.1. The van der Waals surface area contributed by atoms with Crippen LogP contribution in [0.25, 0.3) is 0 Å². The molecular formula is C15H27N5OS. The Hall–Kier alpha value is -1.60. The van der Waals surface area contributed by atoms with Crippen molar-refractivity contribution >= 4 is 23.2 Å². The molecule has 1 rings (SSSR count). The van der Waals surface area contributed by atoms with Crippen LogP contribution in [0.1, 0.15) is 17.8 Å². The van der Waals surface area contributed by atoms with Gasteiger partial charge in [-0.15, -0.1) is 11.3 Å². The molecule has 124 valence electrons. The van der Waals surface area contributed by atoms with Gasteiger partial charge in [-0.25, -0.2) is 4.99 Å². The van der Waals surface area contributed by atoms with Crippen molar-refractivity contribution in [2.45, 2.75) is 13.0 Å². The average molecular weight is 325 g/mol. The van der Waals surface area contributed by atoms with Crippen LogP contribution in [0.2, 0.25) is 0 Å². The zero-order valence-electron chi connectivity index (χ0n) is 14.1. The van der Waals surface area contributed by atoms with E-state index in [1.54, 1.807) is 30.3 Å². The summed E-state index contributed by atoms with van der Waals surface area (Å²) in [5.74, 6) is 0.653. The van der Waals surface area contributed by atoms with Crippen LogP contribution in [0.15, 0.2) is 22.5 Å². The highest BCUT2D eigenvalue weighted by molar-refractivity contribution is 7.10. The van der Waals surface area contributed by atoms with E-state index in [0.717, 1.165) is 13.1 Å². The van der Waals surface area contributed by atoms with Gasteiger partial charge in [-0.2, -0.15) is 0 Å². The molecule has 0 aromatic carbocycles. The smallest absolute Gasteiger partial charge is 0.243 e. The van der Waals surface area contributed by atoms with Crippen molar-refractivity contribution in [3.8, 4) is 0 Å². The van der Waals surface area contributed by atoms with Crippen LogP contribution in [0.3, 0.4) is 0 Å². The van der Waals surface area contributed by atoms with Crippen molar-refractivity contribution < 1.29 is 4.79 Å². The van der Waals surface area contributed by atoms with Gasteiger partial charge < -0.3 is 20.4 Å². The number of thiophene rings is 1. The van der Waals surface area contributed by atoms with E-state index in [4.69, 9.17) is 0 Å². The highest BCUT2D eigenvalue weighted by Crippen LogP contribution is 2.22. The first kappa shape index (κ1) is 18.4. The molecule has 0 saturated heterocycles. The third kappa shape index (κ3) is 6.03. The molecule has 1 amide bonds. The second-order valence-electron chi connectivity index (χ2n) is 5.36. The molecule has 0 aliphatic heterocycles. The van der Waals surface area contributed by atoms with Gasteiger partial charge in [-0.1, -0.05) is 6.07 Å². The highest BCUT2D eigenvalue weighted by atomic mass is 32.1. The van der Waals surface area contributed by atoms with Gasteiger partial charge in [-0.3, -0.25) is 4.79 Å². The molecule has 0 aliphatic carbocycles. The largest absolute Gasteiger partial charge is 0.357 e. The fraction of sp³-hybridized carbons (Fsp3) is 0.600. The molecule has 6 nitrogen and oxygen atoms in total. The molecule has 1 aromatic rings. The number of guanidine groups is 1. The van der Waals surface area contributed by atoms with Crippen molar-refractivity contribution in [3.63, 3.8) is 0 Å². The minimum Gasteiger partial charge on any atom is -0.357 e. The highest BCUT2D eigenvalue weighted by Gasteiger charge is 2.15. The van der Waals surface area contributed by atoms with E-state index >= 15 is 0 Å². The van der Waals surface area contributed by atoms with Crippen LogP contribution < -0.4 is 10.6 Å². The fourth-order valence-electron chi connectivity index (χ4n) is 1.84. The summed E-state index contributed by atoms with van der Waals surface area (Å²) in [6.45, 7) is 3.64. The third-order valence-electron chi connectivity index (χ3n) is 3.17. The second-order valence-corrected chi connectivity index (χ2v) is 6.34. The number of rotatable bonds is 7. The van der Waals surface area contributed by atoms with Gasteiger partial charge in [-0.05, 0) is 32.5 Å². The molecule has 1 heterocycles. The number of hydrogen-bond donors (Lipinski definition) is 2. The number of likely N-dealkylation sites (N-methyl/N-ethyl adjacent to an activating group) is 2. The first-order valence-electron chi connectivity index (χ1n) is 7.37. The molecular weight excluding hydrogens is 298 g/mol. The topological polar surface area (TPSA) is 60.0 Å². The number of aliphatic imine (C=N–C) groups is 1. The van der Waals surface area contributed by atoms with Gasteiger partial charge in [0, 0.05) is 32.1 Å². The Labute approximate surface area is 137 Å². The van der Waals surface area contributed by atoms with Gasteiger partial charge in [0.1, 0.15) is 6.54 Å². The summed E-state index contributed by atoms with van der Waals surface area (Å²) in [6, 6.07) is 4.47. The molecule has 0 spiro atoms. The van der Waals surface area contributed by atoms with Gasteiger partial charge in [0.05, 0.1) is 6.04 Å². The zero-order valence-corrected chi connectivity index (χ0v) is 14.9. The van der Waals surface area contributed by atoms with Crippen molar-refractivity contribution in [2.24, 2.45) is 4.99 Å². The third-order valence-corrected chi connectivity index (χ3v) is 4.15. The molecule has 0 radical (unpaired) electrons. The molecule has 0 fully saturated rings. The minimum atomic E-state index is -0.0142. The lowest BCUT2D eigenvalue weighted by Crippen LogP contribution is -2.42. The Morgan fingerprint density at radius 2 is 2.05 bits per heavy atom. The zero-order chi connectivity index (χ0) is 16.5.